The zero-order valence-electron chi connectivity index (χ0n) is 15.3. The fraction of sp³-hybridized carbons (Fsp3) is 0.211. The van der Waals surface area contributed by atoms with Gasteiger partial charge in [-0.3, -0.25) is 0 Å². The number of sulfone groups is 1. The van der Waals surface area contributed by atoms with Crippen LogP contribution < -0.4 is 14.2 Å². The standard InChI is InChI=1S/C19H17Cl2NO5S/c1-4-27-19-16(25-2)8-12(9-17(19)26-3)7-14(11-22)28(23,24)18-10-13(20)5-6-15(18)21/h5-10H,4H2,1-3H3/b14-7-. The Morgan fingerprint density at radius 2 is 1.75 bits per heavy atom. The van der Waals surface area contributed by atoms with Crippen LogP contribution in [0.5, 0.6) is 17.2 Å². The topological polar surface area (TPSA) is 85.6 Å². The summed E-state index contributed by atoms with van der Waals surface area (Å²) >= 11 is 11.9. The average Bonchev–Trinajstić information content (AvgIpc) is 2.68. The molecule has 0 aromatic heterocycles. The van der Waals surface area contributed by atoms with E-state index in [2.05, 4.69) is 0 Å². The molecule has 0 spiro atoms. The molecule has 2 aromatic carbocycles. The summed E-state index contributed by atoms with van der Waals surface area (Å²) < 4.78 is 41.9. The second-order valence-corrected chi connectivity index (χ2v) is 8.12. The molecule has 6 nitrogen and oxygen atoms in total. The van der Waals surface area contributed by atoms with Crippen molar-refractivity contribution in [1.29, 1.82) is 5.26 Å². The van der Waals surface area contributed by atoms with Crippen LogP contribution in [0.25, 0.3) is 6.08 Å². The average molecular weight is 442 g/mol. The van der Waals surface area contributed by atoms with Crippen molar-refractivity contribution in [2.24, 2.45) is 0 Å². The highest BCUT2D eigenvalue weighted by molar-refractivity contribution is 7.95. The summed E-state index contributed by atoms with van der Waals surface area (Å²) in [6.45, 7) is 2.19. The highest BCUT2D eigenvalue weighted by Gasteiger charge is 2.25. The van der Waals surface area contributed by atoms with E-state index >= 15 is 0 Å². The lowest BCUT2D eigenvalue weighted by Crippen LogP contribution is -2.05. The largest absolute Gasteiger partial charge is 0.493 e. The van der Waals surface area contributed by atoms with Crippen LogP contribution in [0.2, 0.25) is 10.0 Å². The Morgan fingerprint density at radius 1 is 1.14 bits per heavy atom. The van der Waals surface area contributed by atoms with E-state index in [0.29, 0.717) is 29.4 Å². The fourth-order valence-electron chi connectivity index (χ4n) is 2.39. The second-order valence-electron chi connectivity index (χ2n) is 5.39. The lowest BCUT2D eigenvalue weighted by atomic mass is 10.1. The molecule has 0 saturated carbocycles. The molecule has 0 N–H and O–H groups in total. The smallest absolute Gasteiger partial charge is 0.218 e. The van der Waals surface area contributed by atoms with E-state index in [4.69, 9.17) is 37.4 Å². The van der Waals surface area contributed by atoms with Crippen LogP contribution in [0.4, 0.5) is 0 Å². The van der Waals surface area contributed by atoms with Gasteiger partial charge in [0.1, 0.15) is 11.0 Å². The Kier molecular flexibility index (Phi) is 7.19. The molecule has 2 rings (SSSR count). The van der Waals surface area contributed by atoms with E-state index in [0.717, 1.165) is 0 Å². The van der Waals surface area contributed by atoms with Crippen LogP contribution in [-0.4, -0.2) is 29.2 Å². The maximum Gasteiger partial charge on any atom is 0.218 e. The molecule has 0 amide bonds. The highest BCUT2D eigenvalue weighted by atomic mass is 35.5. The molecule has 0 aliphatic heterocycles. The van der Waals surface area contributed by atoms with Gasteiger partial charge in [-0.15, -0.1) is 0 Å². The number of hydrogen-bond donors (Lipinski definition) is 0. The number of nitrogens with zero attached hydrogens (tertiary/aromatic N) is 1. The normalized spacial score (nSPS) is 11.6. The van der Waals surface area contributed by atoms with E-state index in [1.165, 1.54) is 38.5 Å². The SMILES string of the molecule is CCOc1c(OC)cc(/C=C(/C#N)S(=O)(=O)c2cc(Cl)ccc2Cl)cc1OC. The van der Waals surface area contributed by atoms with E-state index in [1.807, 2.05) is 6.92 Å². The second kappa shape index (κ2) is 9.20. The van der Waals surface area contributed by atoms with Crippen molar-refractivity contribution in [3.05, 3.63) is 50.8 Å². The van der Waals surface area contributed by atoms with Gasteiger partial charge in [0, 0.05) is 5.02 Å². The van der Waals surface area contributed by atoms with Gasteiger partial charge in [0.05, 0.1) is 30.7 Å². The minimum absolute atomic E-state index is 0.0348. The Labute approximate surface area is 173 Å². The van der Waals surface area contributed by atoms with Gasteiger partial charge in [-0.25, -0.2) is 8.42 Å². The van der Waals surface area contributed by atoms with Crippen LogP contribution in [0.3, 0.4) is 0 Å². The van der Waals surface area contributed by atoms with Crippen molar-refractivity contribution >= 4 is 39.1 Å². The van der Waals surface area contributed by atoms with Gasteiger partial charge in [-0.1, -0.05) is 23.2 Å². The molecule has 0 unspecified atom stereocenters. The fourth-order valence-corrected chi connectivity index (χ4v) is 4.31. The third-order valence-corrected chi connectivity index (χ3v) is 6.03. The Morgan fingerprint density at radius 3 is 2.25 bits per heavy atom. The molecule has 28 heavy (non-hydrogen) atoms. The first-order valence-electron chi connectivity index (χ1n) is 7.99. The molecular weight excluding hydrogens is 425 g/mol. The van der Waals surface area contributed by atoms with Gasteiger partial charge >= 0.3 is 0 Å². The minimum Gasteiger partial charge on any atom is -0.493 e. The van der Waals surface area contributed by atoms with Gasteiger partial charge in [-0.2, -0.15) is 5.26 Å². The molecule has 148 valence electrons. The molecule has 0 atom stereocenters. The third kappa shape index (κ3) is 4.53. The van der Waals surface area contributed by atoms with Crippen LogP contribution in [-0.2, 0) is 9.84 Å². The summed E-state index contributed by atoms with van der Waals surface area (Å²) in [5, 5.41) is 9.63. The van der Waals surface area contributed by atoms with Crippen molar-refractivity contribution < 1.29 is 22.6 Å². The molecule has 0 radical (unpaired) electrons. The molecule has 0 aliphatic rings. The summed E-state index contributed by atoms with van der Waals surface area (Å²) in [5.41, 5.74) is 0.371. The van der Waals surface area contributed by atoms with Crippen molar-refractivity contribution in [3.8, 4) is 23.3 Å². The minimum atomic E-state index is -4.19. The number of nitriles is 1. The van der Waals surface area contributed by atoms with Gasteiger partial charge in [-0.05, 0) is 48.9 Å². The number of ether oxygens (including phenoxy) is 3. The zero-order valence-corrected chi connectivity index (χ0v) is 17.7. The molecule has 0 aliphatic carbocycles. The van der Waals surface area contributed by atoms with Gasteiger partial charge in [0.2, 0.25) is 15.6 Å². The number of rotatable bonds is 7. The number of halogens is 2. The molecule has 2 aromatic rings. The maximum absolute atomic E-state index is 12.9. The summed E-state index contributed by atoms with van der Waals surface area (Å²) in [6, 6.07) is 8.81. The Balaban J connectivity index is 2.64. The third-order valence-electron chi connectivity index (χ3n) is 3.65. The predicted molar refractivity (Wildman–Crippen MR) is 108 cm³/mol. The van der Waals surface area contributed by atoms with Crippen LogP contribution in [0.15, 0.2) is 40.1 Å². The molecule has 9 heteroatoms. The molecule has 0 fully saturated rings. The first-order valence-corrected chi connectivity index (χ1v) is 10.2. The first kappa shape index (κ1) is 21.9. The summed E-state index contributed by atoms with van der Waals surface area (Å²) in [5.74, 6) is 1.05. The van der Waals surface area contributed by atoms with E-state index < -0.39 is 14.7 Å². The van der Waals surface area contributed by atoms with E-state index in [-0.39, 0.29) is 14.9 Å². The number of methoxy groups -OCH3 is 2. The number of hydrogen-bond acceptors (Lipinski definition) is 6. The van der Waals surface area contributed by atoms with Gasteiger partial charge in [0.15, 0.2) is 11.5 Å². The van der Waals surface area contributed by atoms with Crippen molar-refractivity contribution in [2.45, 2.75) is 11.8 Å². The quantitative estimate of drug-likeness (QED) is 0.576. The van der Waals surface area contributed by atoms with Crippen molar-refractivity contribution in [3.63, 3.8) is 0 Å². The summed E-state index contributed by atoms with van der Waals surface area (Å²) in [7, 11) is -1.31. The molecular formula is C19H17Cl2NO5S. The van der Waals surface area contributed by atoms with Crippen molar-refractivity contribution in [1.82, 2.24) is 0 Å². The zero-order chi connectivity index (χ0) is 20.9. The Bertz CT molecular complexity index is 1030. The van der Waals surface area contributed by atoms with Crippen LogP contribution >= 0.6 is 23.2 Å². The molecule has 0 saturated heterocycles. The number of benzene rings is 2. The van der Waals surface area contributed by atoms with E-state index in [9.17, 15) is 13.7 Å². The lowest BCUT2D eigenvalue weighted by Gasteiger charge is -2.14. The van der Waals surface area contributed by atoms with Gasteiger partial charge in [0.25, 0.3) is 0 Å². The van der Waals surface area contributed by atoms with Crippen molar-refractivity contribution in [2.75, 3.05) is 20.8 Å². The summed E-state index contributed by atoms with van der Waals surface area (Å²) in [4.78, 5) is -0.760. The molecule has 0 heterocycles. The molecule has 0 bridgehead atoms. The Hall–Kier alpha value is -2.40. The van der Waals surface area contributed by atoms with Crippen LogP contribution in [0, 0.1) is 11.3 Å². The monoisotopic (exact) mass is 441 g/mol. The van der Waals surface area contributed by atoms with Gasteiger partial charge < -0.3 is 14.2 Å². The predicted octanol–water partition coefficient (Wildman–Crippen LogP) is 4.75. The maximum atomic E-state index is 12.9. The van der Waals surface area contributed by atoms with E-state index in [1.54, 1.807) is 18.2 Å². The summed E-state index contributed by atoms with van der Waals surface area (Å²) in [6.07, 6.45) is 1.20. The lowest BCUT2D eigenvalue weighted by molar-refractivity contribution is 0.288. The highest BCUT2D eigenvalue weighted by Crippen LogP contribution is 2.39. The first-order chi connectivity index (χ1) is 13.3. The number of allylic oxidation sites excluding steroid dienone is 1. The van der Waals surface area contributed by atoms with Crippen LogP contribution in [0.1, 0.15) is 12.5 Å².